The molecule has 0 aliphatic heterocycles. The van der Waals surface area contributed by atoms with Crippen LogP contribution in [0.1, 0.15) is 40.5 Å². The number of hydrogen-bond acceptors (Lipinski definition) is 3. The molecular formula is C14H27NO3. The highest BCUT2D eigenvalue weighted by Gasteiger charge is 2.00. The third-order valence-corrected chi connectivity index (χ3v) is 2.15. The number of aliphatic hydroxyl groups is 1. The largest absolute Gasteiger partial charge is 0.508 e. The Morgan fingerprint density at radius 1 is 1.39 bits per heavy atom. The fraction of sp³-hybridized carbons (Fsp3) is 0.643. The van der Waals surface area contributed by atoms with E-state index in [9.17, 15) is 9.90 Å². The first kappa shape index (κ1) is 19.1. The number of rotatable bonds is 7. The molecule has 0 fully saturated rings. The maximum absolute atomic E-state index is 11.1. The molecule has 0 bridgehead atoms. The summed E-state index contributed by atoms with van der Waals surface area (Å²) in [4.78, 5) is 11.1. The van der Waals surface area contributed by atoms with Crippen LogP contribution in [0.4, 0.5) is 0 Å². The van der Waals surface area contributed by atoms with Gasteiger partial charge in [-0.2, -0.15) is 0 Å². The van der Waals surface area contributed by atoms with Crippen LogP contribution in [-0.4, -0.2) is 31.3 Å². The van der Waals surface area contributed by atoms with E-state index in [2.05, 4.69) is 5.32 Å². The van der Waals surface area contributed by atoms with E-state index in [1.165, 1.54) is 7.11 Å². The van der Waals surface area contributed by atoms with Gasteiger partial charge in [-0.25, -0.2) is 0 Å². The average molecular weight is 257 g/mol. The van der Waals surface area contributed by atoms with Gasteiger partial charge in [0.1, 0.15) is 12.4 Å². The Labute approximate surface area is 111 Å². The first-order chi connectivity index (χ1) is 8.63. The summed E-state index contributed by atoms with van der Waals surface area (Å²) in [6.07, 6.45) is 4.98. The predicted molar refractivity (Wildman–Crippen MR) is 75.6 cm³/mol. The molecule has 0 aromatic rings. The zero-order chi connectivity index (χ0) is 14.4. The van der Waals surface area contributed by atoms with Crippen molar-refractivity contribution >= 4 is 5.91 Å². The minimum absolute atomic E-state index is 0.0886. The first-order valence-corrected chi connectivity index (χ1v) is 6.44. The van der Waals surface area contributed by atoms with Crippen LogP contribution in [0.5, 0.6) is 0 Å². The molecule has 18 heavy (non-hydrogen) atoms. The number of carbonyl (C=O) groups is 1. The normalized spacial score (nSPS) is 11.6. The Kier molecular flexibility index (Phi) is 14.6. The lowest BCUT2D eigenvalue weighted by molar-refractivity contribution is -0.124. The number of amides is 1. The monoisotopic (exact) mass is 257 g/mol. The van der Waals surface area contributed by atoms with Crippen LogP contribution >= 0.6 is 0 Å². The van der Waals surface area contributed by atoms with Crippen LogP contribution in [0, 0.1) is 0 Å². The highest BCUT2D eigenvalue weighted by atomic mass is 16.5. The molecule has 0 unspecified atom stereocenters. The summed E-state index contributed by atoms with van der Waals surface area (Å²) in [6, 6.07) is 0. The van der Waals surface area contributed by atoms with Gasteiger partial charge in [0.2, 0.25) is 5.91 Å². The third-order valence-electron chi connectivity index (χ3n) is 2.15. The average Bonchev–Trinajstić information content (AvgIpc) is 2.39. The van der Waals surface area contributed by atoms with E-state index in [4.69, 9.17) is 4.74 Å². The number of carbonyl (C=O) groups excluding carboxylic acids is 1. The van der Waals surface area contributed by atoms with Gasteiger partial charge in [0.25, 0.3) is 0 Å². The molecule has 0 aromatic heterocycles. The Balaban J connectivity index is 0. The van der Waals surface area contributed by atoms with Crippen LogP contribution in [0.3, 0.4) is 0 Å². The van der Waals surface area contributed by atoms with Gasteiger partial charge < -0.3 is 15.2 Å². The maximum atomic E-state index is 11.1. The molecule has 4 nitrogen and oxygen atoms in total. The molecule has 0 aromatic carbocycles. The second-order valence-electron chi connectivity index (χ2n) is 3.40. The van der Waals surface area contributed by atoms with Gasteiger partial charge in [-0.15, -0.1) is 0 Å². The van der Waals surface area contributed by atoms with Crippen molar-refractivity contribution in [3.8, 4) is 0 Å². The Morgan fingerprint density at radius 3 is 2.44 bits per heavy atom. The summed E-state index contributed by atoms with van der Waals surface area (Å²) in [6.45, 7) is 8.45. The highest BCUT2D eigenvalue weighted by Crippen LogP contribution is 2.08. The van der Waals surface area contributed by atoms with E-state index >= 15 is 0 Å². The van der Waals surface area contributed by atoms with E-state index in [1.54, 1.807) is 19.1 Å². The number of aliphatic hydroxyl groups excluding tert-OH is 1. The van der Waals surface area contributed by atoms with Crippen molar-refractivity contribution in [1.29, 1.82) is 0 Å². The first-order valence-electron chi connectivity index (χ1n) is 6.44. The van der Waals surface area contributed by atoms with Crippen LogP contribution in [-0.2, 0) is 9.53 Å². The number of methoxy groups -OCH3 is 1. The van der Waals surface area contributed by atoms with Crippen molar-refractivity contribution in [2.24, 2.45) is 0 Å². The molecule has 0 aliphatic rings. The summed E-state index contributed by atoms with van der Waals surface area (Å²) < 4.78 is 4.69. The topological polar surface area (TPSA) is 58.6 Å². The molecule has 0 heterocycles. The van der Waals surface area contributed by atoms with Crippen LogP contribution in [0.25, 0.3) is 0 Å². The summed E-state index contributed by atoms with van der Waals surface area (Å²) in [7, 11) is 1.49. The minimum Gasteiger partial charge on any atom is -0.508 e. The second kappa shape index (κ2) is 13.8. The fourth-order valence-corrected chi connectivity index (χ4v) is 1.19. The lowest BCUT2D eigenvalue weighted by Crippen LogP contribution is -2.28. The van der Waals surface area contributed by atoms with Crippen molar-refractivity contribution in [1.82, 2.24) is 5.32 Å². The Hall–Kier alpha value is -1.29. The molecule has 0 aliphatic carbocycles. The molecule has 0 rings (SSSR count). The number of allylic oxidation sites excluding steroid dienone is 2. The molecular weight excluding hydrogens is 230 g/mol. The second-order valence-corrected chi connectivity index (χ2v) is 3.40. The third kappa shape index (κ3) is 11.2. The molecule has 2 N–H and O–H groups in total. The predicted octanol–water partition coefficient (Wildman–Crippen LogP) is 2.96. The highest BCUT2D eigenvalue weighted by molar-refractivity contribution is 5.77. The van der Waals surface area contributed by atoms with Crippen LogP contribution in [0.15, 0.2) is 23.5 Å². The minimum atomic E-state index is -0.117. The van der Waals surface area contributed by atoms with E-state index in [0.29, 0.717) is 6.54 Å². The lowest BCUT2D eigenvalue weighted by Gasteiger charge is -2.06. The smallest absolute Gasteiger partial charge is 0.245 e. The van der Waals surface area contributed by atoms with Crippen molar-refractivity contribution in [2.45, 2.75) is 40.5 Å². The van der Waals surface area contributed by atoms with Gasteiger partial charge in [-0.3, -0.25) is 4.79 Å². The molecule has 1 amide bonds. The Bertz CT molecular complexity index is 270. The molecule has 0 saturated heterocycles. The molecule has 106 valence electrons. The van der Waals surface area contributed by atoms with Gasteiger partial charge in [-0.05, 0) is 31.9 Å². The quantitative estimate of drug-likeness (QED) is 0.544. The number of hydrogen-bond donors (Lipinski definition) is 2. The number of ether oxygens (including phenoxy) is 1. The van der Waals surface area contributed by atoms with Crippen LogP contribution in [0.2, 0.25) is 0 Å². The zero-order valence-corrected chi connectivity index (χ0v) is 12.2. The molecule has 0 saturated carbocycles. The van der Waals surface area contributed by atoms with Crippen LogP contribution < -0.4 is 5.32 Å². The van der Waals surface area contributed by atoms with Gasteiger partial charge in [0, 0.05) is 13.7 Å². The van der Waals surface area contributed by atoms with Gasteiger partial charge in [0.15, 0.2) is 0 Å². The van der Waals surface area contributed by atoms with Crippen molar-refractivity contribution in [2.75, 3.05) is 20.3 Å². The zero-order valence-electron chi connectivity index (χ0n) is 12.2. The molecule has 4 heteroatoms. The fourth-order valence-electron chi connectivity index (χ4n) is 1.19. The molecule has 0 radical (unpaired) electrons. The van der Waals surface area contributed by atoms with Gasteiger partial charge in [0.05, 0.1) is 0 Å². The summed E-state index contributed by atoms with van der Waals surface area (Å²) in [5.41, 5.74) is 1.10. The Morgan fingerprint density at radius 2 is 2.00 bits per heavy atom. The SMILES string of the molecule is C/C=C(O)\C=C(/CC)CCNC(=O)COC.CC. The van der Waals surface area contributed by atoms with E-state index in [0.717, 1.165) is 18.4 Å². The van der Waals surface area contributed by atoms with E-state index in [-0.39, 0.29) is 18.3 Å². The van der Waals surface area contributed by atoms with Crippen molar-refractivity contribution < 1.29 is 14.6 Å². The summed E-state index contributed by atoms with van der Waals surface area (Å²) in [5.74, 6) is 0.147. The summed E-state index contributed by atoms with van der Waals surface area (Å²) >= 11 is 0. The molecule has 0 spiro atoms. The number of nitrogens with one attached hydrogen (secondary N) is 1. The van der Waals surface area contributed by atoms with Gasteiger partial charge in [-0.1, -0.05) is 26.3 Å². The van der Waals surface area contributed by atoms with Crippen molar-refractivity contribution in [3.05, 3.63) is 23.5 Å². The maximum Gasteiger partial charge on any atom is 0.245 e. The summed E-state index contributed by atoms with van der Waals surface area (Å²) in [5, 5.41) is 12.1. The van der Waals surface area contributed by atoms with E-state index < -0.39 is 0 Å². The van der Waals surface area contributed by atoms with E-state index in [1.807, 2.05) is 20.8 Å². The lowest BCUT2D eigenvalue weighted by atomic mass is 10.1. The van der Waals surface area contributed by atoms with Crippen molar-refractivity contribution in [3.63, 3.8) is 0 Å². The molecule has 0 atom stereocenters. The standard InChI is InChI=1S/C12H21NO3.C2H6/c1-4-10(8-11(14)5-2)6-7-13-12(15)9-16-3;1-2/h5,8,14H,4,6-7,9H2,1-3H3,(H,13,15);1-2H3/b10-8+,11-5+;. The van der Waals surface area contributed by atoms with Gasteiger partial charge >= 0.3 is 0 Å².